The van der Waals surface area contributed by atoms with Crippen molar-refractivity contribution in [3.05, 3.63) is 58.1 Å². The molecule has 0 bridgehead atoms. The molecule has 1 saturated heterocycles. The number of alkyl halides is 3. The van der Waals surface area contributed by atoms with Crippen LogP contribution in [0.3, 0.4) is 0 Å². The van der Waals surface area contributed by atoms with Crippen molar-refractivity contribution < 1.29 is 27.1 Å². The van der Waals surface area contributed by atoms with Crippen molar-refractivity contribution >= 4 is 34.8 Å². The third-order valence-corrected chi connectivity index (χ3v) is 6.52. The van der Waals surface area contributed by atoms with Crippen LogP contribution in [-0.4, -0.2) is 58.4 Å². The highest BCUT2D eigenvalue weighted by Crippen LogP contribution is 2.39. The summed E-state index contributed by atoms with van der Waals surface area (Å²) in [6, 6.07) is 6.88. The Morgan fingerprint density at radius 2 is 1.97 bits per heavy atom. The minimum atomic E-state index is -4.84. The SMILES string of the molecule is COc1cc(N2CCN(C(=O)Cn3nc(-c4ccccn4)c(Cl)c3C(F)(F)F)[C@@H](C)C2)c(F)cc1Cl. The van der Waals surface area contributed by atoms with Crippen LogP contribution in [-0.2, 0) is 17.5 Å². The number of ether oxygens (including phenoxy) is 1. The maximum atomic E-state index is 14.6. The lowest BCUT2D eigenvalue weighted by Crippen LogP contribution is -2.55. The first-order valence-corrected chi connectivity index (χ1v) is 11.6. The van der Waals surface area contributed by atoms with Crippen LogP contribution in [0.5, 0.6) is 5.75 Å². The summed E-state index contributed by atoms with van der Waals surface area (Å²) in [5.74, 6) is -0.817. The van der Waals surface area contributed by atoms with Gasteiger partial charge < -0.3 is 14.5 Å². The van der Waals surface area contributed by atoms with Gasteiger partial charge in [-0.05, 0) is 25.1 Å². The summed E-state index contributed by atoms with van der Waals surface area (Å²) >= 11 is 12.0. The Hall–Kier alpha value is -3.05. The Labute approximate surface area is 214 Å². The van der Waals surface area contributed by atoms with E-state index in [9.17, 15) is 22.4 Å². The van der Waals surface area contributed by atoms with Crippen molar-refractivity contribution in [2.24, 2.45) is 0 Å². The number of piperazine rings is 1. The molecule has 0 N–H and O–H groups in total. The molecule has 1 fully saturated rings. The van der Waals surface area contributed by atoms with Gasteiger partial charge in [-0.3, -0.25) is 9.78 Å². The van der Waals surface area contributed by atoms with Gasteiger partial charge in [0.15, 0.2) is 5.69 Å². The topological polar surface area (TPSA) is 63.5 Å². The van der Waals surface area contributed by atoms with E-state index in [-0.39, 0.29) is 41.7 Å². The fourth-order valence-corrected chi connectivity index (χ4v) is 4.74. The van der Waals surface area contributed by atoms with Crippen molar-refractivity contribution in [2.75, 3.05) is 31.6 Å². The van der Waals surface area contributed by atoms with E-state index >= 15 is 0 Å². The van der Waals surface area contributed by atoms with Crippen LogP contribution in [0.1, 0.15) is 12.6 Å². The number of benzene rings is 1. The molecule has 2 aromatic heterocycles. The molecule has 1 aliphatic heterocycles. The molecular formula is C23H21Cl2F4N5O2. The summed E-state index contributed by atoms with van der Waals surface area (Å²) < 4.78 is 61.8. The normalized spacial score (nSPS) is 16.4. The molecule has 7 nitrogen and oxygen atoms in total. The van der Waals surface area contributed by atoms with Crippen LogP contribution >= 0.6 is 23.2 Å². The molecule has 0 radical (unpaired) electrons. The number of carbonyl (C=O) groups is 1. The van der Waals surface area contributed by atoms with Crippen molar-refractivity contribution in [1.82, 2.24) is 19.7 Å². The van der Waals surface area contributed by atoms with Gasteiger partial charge in [0.05, 0.1) is 23.5 Å². The number of anilines is 1. The lowest BCUT2D eigenvalue weighted by atomic mass is 10.1. The molecule has 13 heteroatoms. The number of rotatable bonds is 5. The summed E-state index contributed by atoms with van der Waals surface area (Å²) in [7, 11) is 1.41. The Balaban J connectivity index is 1.55. The second kappa shape index (κ2) is 10.1. The van der Waals surface area contributed by atoms with E-state index in [1.165, 1.54) is 30.3 Å². The highest BCUT2D eigenvalue weighted by atomic mass is 35.5. The molecule has 0 spiro atoms. The average Bonchev–Trinajstić information content (AvgIpc) is 3.15. The van der Waals surface area contributed by atoms with Gasteiger partial charge in [-0.1, -0.05) is 29.3 Å². The standard InChI is InChI=1S/C23H21Cl2F4N5O2/c1-13-11-32(17-10-18(36-2)14(24)9-15(17)26)7-8-33(13)19(35)12-34-22(23(27,28)29)20(25)21(31-34)16-5-3-4-6-30-16/h3-6,9-10,13H,7-8,11-12H2,1-2H3/t13-/m0/s1. The predicted molar refractivity (Wildman–Crippen MR) is 127 cm³/mol. The molecule has 0 unspecified atom stereocenters. The number of halogens is 6. The minimum absolute atomic E-state index is 0.129. The quantitative estimate of drug-likeness (QED) is 0.414. The van der Waals surface area contributed by atoms with E-state index in [2.05, 4.69) is 10.1 Å². The lowest BCUT2D eigenvalue weighted by molar-refractivity contribution is -0.146. The monoisotopic (exact) mass is 545 g/mol. The minimum Gasteiger partial charge on any atom is -0.495 e. The Bertz CT molecular complexity index is 1270. The van der Waals surface area contributed by atoms with E-state index in [0.717, 1.165) is 6.07 Å². The zero-order valence-corrected chi connectivity index (χ0v) is 20.7. The summed E-state index contributed by atoms with van der Waals surface area (Å²) in [5, 5.41) is 3.48. The Kier molecular flexibility index (Phi) is 7.33. The van der Waals surface area contributed by atoms with Crippen molar-refractivity contribution in [3.8, 4) is 17.1 Å². The number of aromatic nitrogens is 3. The number of nitrogens with zero attached hydrogens (tertiary/aromatic N) is 5. The fourth-order valence-electron chi connectivity index (χ4n) is 4.17. The molecule has 0 saturated carbocycles. The molecule has 3 aromatic rings. The van der Waals surface area contributed by atoms with Crippen molar-refractivity contribution in [1.29, 1.82) is 0 Å². The van der Waals surface area contributed by atoms with Gasteiger partial charge in [0.1, 0.15) is 28.8 Å². The Morgan fingerprint density at radius 3 is 2.58 bits per heavy atom. The van der Waals surface area contributed by atoms with Gasteiger partial charge in [-0.15, -0.1) is 0 Å². The van der Waals surface area contributed by atoms with Gasteiger partial charge in [-0.2, -0.15) is 18.3 Å². The Morgan fingerprint density at radius 1 is 1.22 bits per heavy atom. The van der Waals surface area contributed by atoms with Crippen LogP contribution in [0.15, 0.2) is 36.5 Å². The van der Waals surface area contributed by atoms with Gasteiger partial charge in [0, 0.05) is 37.9 Å². The van der Waals surface area contributed by atoms with Crippen LogP contribution in [0.4, 0.5) is 23.2 Å². The number of pyridine rings is 1. The number of hydrogen-bond donors (Lipinski definition) is 0. The second-order valence-electron chi connectivity index (χ2n) is 8.20. The highest BCUT2D eigenvalue weighted by molar-refractivity contribution is 6.33. The fraction of sp³-hybridized carbons (Fsp3) is 0.348. The second-order valence-corrected chi connectivity index (χ2v) is 8.99. The lowest BCUT2D eigenvalue weighted by Gasteiger charge is -2.41. The van der Waals surface area contributed by atoms with Crippen LogP contribution in [0.25, 0.3) is 11.4 Å². The van der Waals surface area contributed by atoms with Crippen LogP contribution in [0.2, 0.25) is 10.0 Å². The molecule has 36 heavy (non-hydrogen) atoms. The number of hydrogen-bond acceptors (Lipinski definition) is 5. The van der Waals surface area contributed by atoms with Gasteiger partial charge in [0.25, 0.3) is 0 Å². The first kappa shape index (κ1) is 26.0. The van der Waals surface area contributed by atoms with E-state index in [0.29, 0.717) is 10.4 Å². The molecule has 4 rings (SSSR count). The summed E-state index contributed by atoms with van der Waals surface area (Å²) in [4.78, 5) is 20.3. The van der Waals surface area contributed by atoms with Gasteiger partial charge in [-0.25, -0.2) is 9.07 Å². The predicted octanol–water partition coefficient (Wildman–Crippen LogP) is 5.16. The number of carbonyl (C=O) groups excluding carboxylic acids is 1. The van der Waals surface area contributed by atoms with E-state index in [4.69, 9.17) is 27.9 Å². The summed E-state index contributed by atoms with van der Waals surface area (Å²) in [6.07, 6.45) is -3.43. The maximum absolute atomic E-state index is 14.6. The maximum Gasteiger partial charge on any atom is 0.434 e. The summed E-state index contributed by atoms with van der Waals surface area (Å²) in [5.41, 5.74) is -0.975. The first-order valence-electron chi connectivity index (χ1n) is 10.8. The molecule has 1 aromatic carbocycles. The highest BCUT2D eigenvalue weighted by Gasteiger charge is 2.41. The molecule has 3 heterocycles. The van der Waals surface area contributed by atoms with Crippen LogP contribution in [0, 0.1) is 5.82 Å². The molecule has 0 aliphatic carbocycles. The zero-order valence-electron chi connectivity index (χ0n) is 19.2. The number of amides is 1. The zero-order chi connectivity index (χ0) is 26.2. The largest absolute Gasteiger partial charge is 0.495 e. The molecule has 1 aliphatic rings. The van der Waals surface area contributed by atoms with E-state index in [1.54, 1.807) is 24.0 Å². The van der Waals surface area contributed by atoms with Gasteiger partial charge in [0.2, 0.25) is 5.91 Å². The molecular weight excluding hydrogens is 525 g/mol. The molecule has 1 atom stereocenters. The van der Waals surface area contributed by atoms with Crippen molar-refractivity contribution in [2.45, 2.75) is 25.7 Å². The average molecular weight is 546 g/mol. The van der Waals surface area contributed by atoms with Crippen LogP contribution < -0.4 is 9.64 Å². The number of methoxy groups -OCH3 is 1. The third-order valence-electron chi connectivity index (χ3n) is 5.87. The van der Waals surface area contributed by atoms with Crippen molar-refractivity contribution in [3.63, 3.8) is 0 Å². The smallest absolute Gasteiger partial charge is 0.434 e. The third kappa shape index (κ3) is 5.08. The summed E-state index contributed by atoms with van der Waals surface area (Å²) in [6.45, 7) is 1.72. The van der Waals surface area contributed by atoms with E-state index in [1.807, 2.05) is 0 Å². The van der Waals surface area contributed by atoms with Gasteiger partial charge >= 0.3 is 6.18 Å². The first-order chi connectivity index (χ1) is 17.0. The van der Waals surface area contributed by atoms with E-state index < -0.39 is 41.2 Å². The molecule has 1 amide bonds. The molecule has 192 valence electrons.